The van der Waals surface area contributed by atoms with E-state index in [1.807, 2.05) is 0 Å². The Morgan fingerprint density at radius 3 is 2.42 bits per heavy atom. The molecule has 104 valence electrons. The fourth-order valence-corrected chi connectivity index (χ4v) is 2.52. The molecule has 0 heterocycles. The van der Waals surface area contributed by atoms with Crippen molar-refractivity contribution >= 4 is 11.6 Å². The first-order valence-corrected chi connectivity index (χ1v) is 6.59. The highest BCUT2D eigenvalue weighted by atomic mass is 19.1. The quantitative estimate of drug-likeness (QED) is 0.810. The van der Waals surface area contributed by atoms with Crippen LogP contribution in [0.25, 0.3) is 0 Å². The summed E-state index contributed by atoms with van der Waals surface area (Å²) in [5, 5.41) is 2.55. The maximum absolute atomic E-state index is 13.0. The summed E-state index contributed by atoms with van der Waals surface area (Å²) in [5.41, 5.74) is 6.12. The number of halogens is 2. The number of hydrogen-bond acceptors (Lipinski definition) is 2. The van der Waals surface area contributed by atoms with Crippen molar-refractivity contribution in [1.82, 2.24) is 0 Å². The van der Waals surface area contributed by atoms with Crippen LogP contribution in [0.15, 0.2) is 18.2 Å². The highest BCUT2D eigenvalue weighted by Gasteiger charge is 2.27. The zero-order valence-corrected chi connectivity index (χ0v) is 10.7. The van der Waals surface area contributed by atoms with Gasteiger partial charge >= 0.3 is 0 Å². The first kappa shape index (κ1) is 13.9. The molecule has 1 amide bonds. The fraction of sp³-hybridized carbons (Fsp3) is 0.500. The summed E-state index contributed by atoms with van der Waals surface area (Å²) in [7, 11) is 0. The summed E-state index contributed by atoms with van der Waals surface area (Å²) >= 11 is 0. The Bertz CT molecular complexity index is 445. The van der Waals surface area contributed by atoms with Crippen LogP contribution < -0.4 is 11.1 Å². The molecule has 1 aliphatic rings. The number of nitrogens with two attached hydrogens (primary N) is 1. The van der Waals surface area contributed by atoms with Gasteiger partial charge in [0.05, 0.1) is 5.92 Å². The van der Waals surface area contributed by atoms with Crippen LogP contribution in [0, 0.1) is 17.6 Å². The van der Waals surface area contributed by atoms with Crippen molar-refractivity contribution in [3.05, 3.63) is 29.8 Å². The largest absolute Gasteiger partial charge is 0.327 e. The third kappa shape index (κ3) is 3.73. The van der Waals surface area contributed by atoms with Gasteiger partial charge in [-0.3, -0.25) is 4.79 Å². The van der Waals surface area contributed by atoms with Crippen molar-refractivity contribution in [3.63, 3.8) is 0 Å². The van der Waals surface area contributed by atoms with Crippen LogP contribution in [0.3, 0.4) is 0 Å². The van der Waals surface area contributed by atoms with Crippen LogP contribution in [0.1, 0.15) is 32.1 Å². The number of rotatable bonds is 2. The fourth-order valence-electron chi connectivity index (χ4n) is 2.52. The van der Waals surface area contributed by atoms with Crippen LogP contribution in [-0.4, -0.2) is 11.9 Å². The van der Waals surface area contributed by atoms with E-state index in [1.54, 1.807) is 0 Å². The normalized spacial score (nSPS) is 23.7. The number of carbonyl (C=O) groups is 1. The minimum absolute atomic E-state index is 0.138. The third-order valence-electron chi connectivity index (χ3n) is 3.54. The van der Waals surface area contributed by atoms with Gasteiger partial charge in [0.15, 0.2) is 0 Å². The molecule has 1 aliphatic carbocycles. The lowest BCUT2D eigenvalue weighted by atomic mass is 9.94. The van der Waals surface area contributed by atoms with E-state index in [-0.39, 0.29) is 23.6 Å². The summed E-state index contributed by atoms with van der Waals surface area (Å²) in [5.74, 6) is -1.95. The van der Waals surface area contributed by atoms with Gasteiger partial charge in [-0.2, -0.15) is 0 Å². The molecular weight excluding hydrogens is 250 g/mol. The van der Waals surface area contributed by atoms with Gasteiger partial charge in [0, 0.05) is 17.8 Å². The summed E-state index contributed by atoms with van der Waals surface area (Å²) in [6, 6.07) is 2.79. The minimum Gasteiger partial charge on any atom is -0.327 e. The summed E-state index contributed by atoms with van der Waals surface area (Å²) in [6.07, 6.45) is 4.61. The summed E-state index contributed by atoms with van der Waals surface area (Å²) in [6.45, 7) is 0. The number of carbonyl (C=O) groups excluding carboxylic acids is 1. The summed E-state index contributed by atoms with van der Waals surface area (Å²) in [4.78, 5) is 12.1. The van der Waals surface area contributed by atoms with E-state index < -0.39 is 11.6 Å². The molecular formula is C14H18F2N2O. The molecule has 0 aliphatic heterocycles. The maximum atomic E-state index is 13.0. The Balaban J connectivity index is 2.06. The van der Waals surface area contributed by atoms with Crippen LogP contribution in [0.5, 0.6) is 0 Å². The van der Waals surface area contributed by atoms with Crippen molar-refractivity contribution in [1.29, 1.82) is 0 Å². The van der Waals surface area contributed by atoms with E-state index >= 15 is 0 Å². The molecule has 19 heavy (non-hydrogen) atoms. The number of nitrogens with one attached hydrogen (secondary N) is 1. The molecule has 2 atom stereocenters. The van der Waals surface area contributed by atoms with Gasteiger partial charge in [0.2, 0.25) is 5.91 Å². The Morgan fingerprint density at radius 1 is 1.11 bits per heavy atom. The highest BCUT2D eigenvalue weighted by Crippen LogP contribution is 2.24. The average Bonchev–Trinajstić information content (AvgIpc) is 2.52. The van der Waals surface area contributed by atoms with Crippen LogP contribution in [-0.2, 0) is 4.79 Å². The molecule has 3 N–H and O–H groups in total. The highest BCUT2D eigenvalue weighted by molar-refractivity contribution is 5.93. The lowest BCUT2D eigenvalue weighted by Crippen LogP contribution is -2.37. The van der Waals surface area contributed by atoms with E-state index in [9.17, 15) is 13.6 Å². The first-order chi connectivity index (χ1) is 9.06. The topological polar surface area (TPSA) is 55.1 Å². The van der Waals surface area contributed by atoms with Gasteiger partial charge in [-0.1, -0.05) is 19.3 Å². The van der Waals surface area contributed by atoms with Crippen molar-refractivity contribution in [3.8, 4) is 0 Å². The second kappa shape index (κ2) is 6.10. The number of amides is 1. The number of hydrogen-bond donors (Lipinski definition) is 2. The molecule has 5 heteroatoms. The Kier molecular flexibility index (Phi) is 4.47. The number of anilines is 1. The minimum atomic E-state index is -0.708. The molecule has 1 aromatic rings. The van der Waals surface area contributed by atoms with Crippen LogP contribution in [0.2, 0.25) is 0 Å². The third-order valence-corrected chi connectivity index (χ3v) is 3.54. The van der Waals surface area contributed by atoms with Gasteiger partial charge in [0.25, 0.3) is 0 Å². The van der Waals surface area contributed by atoms with Gasteiger partial charge in [-0.25, -0.2) is 8.78 Å². The van der Waals surface area contributed by atoms with E-state index in [2.05, 4.69) is 5.32 Å². The van der Waals surface area contributed by atoms with Crippen LogP contribution >= 0.6 is 0 Å². The lowest BCUT2D eigenvalue weighted by Gasteiger charge is -2.20. The van der Waals surface area contributed by atoms with E-state index in [0.717, 1.165) is 50.3 Å². The molecule has 0 aromatic heterocycles. The number of benzene rings is 1. The van der Waals surface area contributed by atoms with Gasteiger partial charge in [-0.05, 0) is 25.0 Å². The molecule has 0 bridgehead atoms. The standard InChI is InChI=1S/C14H18F2N2O/c15-9-6-10(16)8-11(7-9)18-14(19)12-4-2-1-3-5-13(12)17/h6-8,12-13H,1-5,17H2,(H,18,19). The van der Waals surface area contributed by atoms with Crippen molar-refractivity contribution in [2.45, 2.75) is 38.1 Å². The van der Waals surface area contributed by atoms with E-state index in [0.29, 0.717) is 0 Å². The zero-order valence-electron chi connectivity index (χ0n) is 10.7. The van der Waals surface area contributed by atoms with Crippen LogP contribution in [0.4, 0.5) is 14.5 Å². The van der Waals surface area contributed by atoms with E-state index in [4.69, 9.17) is 5.73 Å². The first-order valence-electron chi connectivity index (χ1n) is 6.59. The molecule has 2 rings (SSSR count). The Hall–Kier alpha value is -1.49. The average molecular weight is 268 g/mol. The van der Waals surface area contributed by atoms with Crippen molar-refractivity contribution < 1.29 is 13.6 Å². The molecule has 0 spiro atoms. The monoisotopic (exact) mass is 268 g/mol. The molecule has 1 aromatic carbocycles. The van der Waals surface area contributed by atoms with Gasteiger partial charge < -0.3 is 11.1 Å². The van der Waals surface area contributed by atoms with Crippen molar-refractivity contribution in [2.24, 2.45) is 11.7 Å². The zero-order chi connectivity index (χ0) is 13.8. The maximum Gasteiger partial charge on any atom is 0.229 e. The van der Waals surface area contributed by atoms with E-state index in [1.165, 1.54) is 0 Å². The van der Waals surface area contributed by atoms with Gasteiger partial charge in [-0.15, -0.1) is 0 Å². The molecule has 0 radical (unpaired) electrons. The molecule has 1 saturated carbocycles. The molecule has 0 saturated heterocycles. The molecule has 2 unspecified atom stereocenters. The van der Waals surface area contributed by atoms with Crippen molar-refractivity contribution in [2.75, 3.05) is 5.32 Å². The predicted molar refractivity (Wildman–Crippen MR) is 69.5 cm³/mol. The lowest BCUT2D eigenvalue weighted by molar-refractivity contribution is -0.120. The Labute approximate surface area is 111 Å². The summed E-state index contributed by atoms with van der Waals surface area (Å²) < 4.78 is 26.1. The predicted octanol–water partition coefficient (Wildman–Crippen LogP) is 2.81. The molecule has 1 fully saturated rings. The Morgan fingerprint density at radius 2 is 1.74 bits per heavy atom. The molecule has 3 nitrogen and oxygen atoms in total. The SMILES string of the molecule is NC1CCCCCC1C(=O)Nc1cc(F)cc(F)c1. The second-order valence-electron chi connectivity index (χ2n) is 5.06. The smallest absolute Gasteiger partial charge is 0.229 e. The second-order valence-corrected chi connectivity index (χ2v) is 5.06. The van der Waals surface area contributed by atoms with Gasteiger partial charge in [0.1, 0.15) is 11.6 Å².